The fourth-order valence-electron chi connectivity index (χ4n) is 4.04. The van der Waals surface area contributed by atoms with E-state index in [4.69, 9.17) is 24.3 Å². The molecular formula is C22H29N6O8P. The molecule has 1 aliphatic rings. The lowest BCUT2D eigenvalue weighted by Crippen LogP contribution is -2.46. The van der Waals surface area contributed by atoms with E-state index in [9.17, 15) is 19.6 Å². The van der Waals surface area contributed by atoms with Crippen LogP contribution in [-0.2, 0) is 23.4 Å². The second-order valence-corrected chi connectivity index (χ2v) is 10.4. The smallest absolute Gasteiger partial charge is 0.459 e. The molecule has 0 bridgehead atoms. The van der Waals surface area contributed by atoms with Crippen molar-refractivity contribution in [2.45, 2.75) is 57.0 Å². The Labute approximate surface area is 212 Å². The standard InChI is InChI=1S/C22H29N6O8P/c1-12(20(30)33-4)27-37(32,36-14-8-6-5-7-9-14)35-13(2)16-17(29)22(3,31)21(34-16)28-11-26-15-18(23)24-10-25-19(15)28/h5-13,16-17,21,29,31H,1-4H3,(H,27,32)(H2,23,24,25)/t12-,13+,16+,17+,21+,22+,37?/m0/s1. The number of anilines is 1. The molecule has 1 saturated heterocycles. The lowest BCUT2D eigenvalue weighted by molar-refractivity contribution is -0.142. The van der Waals surface area contributed by atoms with Gasteiger partial charge in [0.2, 0.25) is 0 Å². The Balaban J connectivity index is 1.60. The van der Waals surface area contributed by atoms with Crippen molar-refractivity contribution in [3.63, 3.8) is 0 Å². The molecule has 0 amide bonds. The predicted molar refractivity (Wildman–Crippen MR) is 130 cm³/mol. The number of carbonyl (C=O) groups excluding carboxylic acids is 1. The zero-order valence-electron chi connectivity index (χ0n) is 20.6. The molecule has 14 nitrogen and oxygen atoms in total. The number of nitrogens with two attached hydrogens (primary N) is 1. The van der Waals surface area contributed by atoms with Gasteiger partial charge >= 0.3 is 13.7 Å². The van der Waals surface area contributed by atoms with E-state index >= 15 is 0 Å². The van der Waals surface area contributed by atoms with Crippen molar-refractivity contribution in [2.75, 3.05) is 12.8 Å². The monoisotopic (exact) mass is 536 g/mol. The van der Waals surface area contributed by atoms with Gasteiger partial charge in [0.15, 0.2) is 17.7 Å². The summed E-state index contributed by atoms with van der Waals surface area (Å²) < 4.78 is 37.3. The van der Waals surface area contributed by atoms with Gasteiger partial charge in [-0.15, -0.1) is 0 Å². The van der Waals surface area contributed by atoms with Crippen LogP contribution in [0.4, 0.5) is 5.82 Å². The summed E-state index contributed by atoms with van der Waals surface area (Å²) in [6, 6.07) is 7.15. The molecule has 37 heavy (non-hydrogen) atoms. The first kappa shape index (κ1) is 26.9. The van der Waals surface area contributed by atoms with E-state index in [1.165, 1.54) is 45.1 Å². The summed E-state index contributed by atoms with van der Waals surface area (Å²) in [6.07, 6.45) is -2.34. The number of para-hydroxylation sites is 1. The largest absolute Gasteiger partial charge is 0.468 e. The number of nitrogens with one attached hydrogen (secondary N) is 1. The topological polar surface area (TPSA) is 193 Å². The van der Waals surface area contributed by atoms with Crippen molar-refractivity contribution in [2.24, 2.45) is 0 Å². The van der Waals surface area contributed by atoms with Gasteiger partial charge in [0.1, 0.15) is 41.4 Å². The van der Waals surface area contributed by atoms with Gasteiger partial charge in [-0.2, -0.15) is 5.09 Å². The highest BCUT2D eigenvalue weighted by molar-refractivity contribution is 7.52. The number of aromatic nitrogens is 4. The third-order valence-electron chi connectivity index (χ3n) is 5.98. The minimum Gasteiger partial charge on any atom is -0.468 e. The van der Waals surface area contributed by atoms with Crippen LogP contribution < -0.4 is 15.3 Å². The van der Waals surface area contributed by atoms with E-state index in [2.05, 4.69) is 20.0 Å². The van der Waals surface area contributed by atoms with E-state index in [1.54, 1.807) is 30.3 Å². The second kappa shape index (κ2) is 10.3. The summed E-state index contributed by atoms with van der Waals surface area (Å²) in [6.45, 7) is 4.30. The lowest BCUT2D eigenvalue weighted by atomic mass is 9.94. The van der Waals surface area contributed by atoms with Crippen LogP contribution in [0.5, 0.6) is 5.75 Å². The van der Waals surface area contributed by atoms with Crippen LogP contribution in [0.1, 0.15) is 27.0 Å². The number of carbonyl (C=O) groups is 1. The number of esters is 1. The van der Waals surface area contributed by atoms with Crippen molar-refractivity contribution in [1.29, 1.82) is 0 Å². The number of hydrogen-bond acceptors (Lipinski definition) is 12. The number of ether oxygens (including phenoxy) is 2. The number of nitrogen functional groups attached to an aromatic ring is 1. The summed E-state index contributed by atoms with van der Waals surface area (Å²) in [7, 11) is -3.06. The number of nitrogens with zero attached hydrogens (tertiary/aromatic N) is 4. The molecule has 4 rings (SSSR count). The SMILES string of the molecule is COC(=O)[C@H](C)NP(=O)(Oc1ccccc1)O[C@H](C)[C@H]1O[C@@H](n2cnc3c(N)ncnc32)[C@](C)(O)[C@@H]1O. The van der Waals surface area contributed by atoms with E-state index in [0.29, 0.717) is 5.52 Å². The molecule has 0 aliphatic carbocycles. The first-order valence-electron chi connectivity index (χ1n) is 11.3. The molecule has 1 aliphatic heterocycles. The number of fused-ring (bicyclic) bond motifs is 1. The Kier molecular flexibility index (Phi) is 7.51. The van der Waals surface area contributed by atoms with Crippen molar-refractivity contribution in [1.82, 2.24) is 24.6 Å². The third kappa shape index (κ3) is 5.30. The van der Waals surface area contributed by atoms with Crippen LogP contribution in [0.2, 0.25) is 0 Å². The highest BCUT2D eigenvalue weighted by atomic mass is 31.2. The maximum Gasteiger partial charge on any atom is 0.459 e. The van der Waals surface area contributed by atoms with E-state index < -0.39 is 49.9 Å². The molecular weight excluding hydrogens is 507 g/mol. The van der Waals surface area contributed by atoms with Crippen LogP contribution >= 0.6 is 7.75 Å². The number of benzene rings is 1. The van der Waals surface area contributed by atoms with Gasteiger partial charge in [-0.1, -0.05) is 18.2 Å². The Hall–Kier alpha value is -3.13. The van der Waals surface area contributed by atoms with Gasteiger partial charge in [0.25, 0.3) is 0 Å². The summed E-state index contributed by atoms with van der Waals surface area (Å²) in [5.74, 6) is -0.343. The highest BCUT2D eigenvalue weighted by Gasteiger charge is 2.56. The second-order valence-electron chi connectivity index (χ2n) is 8.79. The number of aliphatic hydroxyl groups is 2. The number of hydrogen-bond donors (Lipinski definition) is 4. The van der Waals surface area contributed by atoms with E-state index in [1.807, 2.05) is 0 Å². The molecule has 200 valence electrons. The predicted octanol–water partition coefficient (Wildman–Crippen LogP) is 1.16. The Morgan fingerprint density at radius 2 is 1.97 bits per heavy atom. The Morgan fingerprint density at radius 1 is 1.27 bits per heavy atom. The summed E-state index contributed by atoms with van der Waals surface area (Å²) in [5, 5.41) is 24.7. The van der Waals surface area contributed by atoms with Gasteiger partial charge in [-0.3, -0.25) is 13.9 Å². The molecule has 0 saturated carbocycles. The maximum atomic E-state index is 13.8. The Bertz CT molecular complexity index is 1300. The van der Waals surface area contributed by atoms with Crippen LogP contribution in [0.15, 0.2) is 43.0 Å². The summed E-state index contributed by atoms with van der Waals surface area (Å²) >= 11 is 0. The van der Waals surface area contributed by atoms with Crippen LogP contribution in [0.25, 0.3) is 11.2 Å². The van der Waals surface area contributed by atoms with E-state index in [-0.39, 0.29) is 17.2 Å². The summed E-state index contributed by atoms with van der Waals surface area (Å²) in [5.41, 5.74) is 4.60. The number of aliphatic hydroxyl groups excluding tert-OH is 1. The van der Waals surface area contributed by atoms with Crippen molar-refractivity contribution < 1.29 is 38.1 Å². The normalized spacial score (nSPS) is 26.9. The number of imidazole rings is 1. The maximum absolute atomic E-state index is 13.8. The van der Waals surface area contributed by atoms with Crippen LogP contribution in [-0.4, -0.2) is 72.8 Å². The van der Waals surface area contributed by atoms with Crippen molar-refractivity contribution in [3.05, 3.63) is 43.0 Å². The average Bonchev–Trinajstić information content (AvgIpc) is 3.38. The van der Waals surface area contributed by atoms with Crippen molar-refractivity contribution >= 4 is 30.7 Å². The quantitative estimate of drug-likeness (QED) is 0.225. The molecule has 0 spiro atoms. The van der Waals surface area contributed by atoms with Gasteiger partial charge in [0, 0.05) is 0 Å². The van der Waals surface area contributed by atoms with Crippen LogP contribution in [0, 0.1) is 0 Å². The molecule has 1 unspecified atom stereocenters. The highest BCUT2D eigenvalue weighted by Crippen LogP contribution is 2.49. The first-order valence-corrected chi connectivity index (χ1v) is 12.9. The first-order chi connectivity index (χ1) is 17.5. The van der Waals surface area contributed by atoms with Gasteiger partial charge in [-0.05, 0) is 32.9 Å². The third-order valence-corrected chi connectivity index (χ3v) is 7.74. The fourth-order valence-corrected chi connectivity index (χ4v) is 5.73. The van der Waals surface area contributed by atoms with E-state index in [0.717, 1.165) is 0 Å². The van der Waals surface area contributed by atoms with Gasteiger partial charge in [0.05, 0.1) is 19.5 Å². The molecule has 3 heterocycles. The number of methoxy groups -OCH3 is 1. The molecule has 15 heteroatoms. The minimum absolute atomic E-state index is 0.139. The van der Waals surface area contributed by atoms with Gasteiger partial charge in [-0.25, -0.2) is 19.5 Å². The molecule has 7 atom stereocenters. The van der Waals surface area contributed by atoms with Crippen LogP contribution in [0.3, 0.4) is 0 Å². The van der Waals surface area contributed by atoms with Gasteiger partial charge < -0.3 is 29.9 Å². The molecule has 2 aromatic heterocycles. The zero-order valence-corrected chi connectivity index (χ0v) is 21.5. The molecule has 1 aromatic carbocycles. The minimum atomic E-state index is -4.25. The Morgan fingerprint density at radius 3 is 2.65 bits per heavy atom. The molecule has 5 N–H and O–H groups in total. The number of rotatable bonds is 9. The molecule has 3 aromatic rings. The lowest BCUT2D eigenvalue weighted by Gasteiger charge is -2.29. The molecule has 0 radical (unpaired) electrons. The average molecular weight is 536 g/mol. The summed E-state index contributed by atoms with van der Waals surface area (Å²) in [4.78, 5) is 24.2. The zero-order chi connectivity index (χ0) is 27.0. The van der Waals surface area contributed by atoms with Crippen molar-refractivity contribution in [3.8, 4) is 5.75 Å². The fraction of sp³-hybridized carbons (Fsp3) is 0.455. The molecule has 1 fully saturated rings.